The number of halogens is 13. The zero-order valence-corrected chi connectivity index (χ0v) is 17.2. The Hall–Kier alpha value is -0.853. The number of aliphatic hydroxyl groups excluding tert-OH is 1. The van der Waals surface area contributed by atoms with Crippen molar-refractivity contribution in [1.82, 2.24) is 0 Å². The van der Waals surface area contributed by atoms with Gasteiger partial charge in [-0.25, -0.2) is 0 Å². The number of rotatable bonds is 10. The van der Waals surface area contributed by atoms with Crippen molar-refractivity contribution in [2.45, 2.75) is 55.2 Å². The maximum atomic E-state index is 14.0. The van der Waals surface area contributed by atoms with Crippen LogP contribution in [0.2, 0.25) is 0 Å². The molecule has 0 atom stereocenters. The second-order valence-electron chi connectivity index (χ2n) is 5.60. The first-order valence-electron chi connectivity index (χ1n) is 7.77. The van der Waals surface area contributed by atoms with Crippen molar-refractivity contribution in [2.75, 3.05) is 27.9 Å². The summed E-state index contributed by atoms with van der Waals surface area (Å²) in [5.74, 6) is -28.6. The quantitative estimate of drug-likeness (QED) is 0.332. The van der Waals surface area contributed by atoms with Crippen LogP contribution >= 0.6 is 0 Å². The van der Waals surface area contributed by atoms with Crippen LogP contribution in [0.4, 0.5) is 57.1 Å². The van der Waals surface area contributed by atoms with Gasteiger partial charge in [0.15, 0.2) is 0 Å². The van der Waals surface area contributed by atoms with Crippen LogP contribution in [0.1, 0.15) is 19.8 Å². The minimum atomic E-state index is -7.55. The van der Waals surface area contributed by atoms with Crippen molar-refractivity contribution in [3.05, 3.63) is 0 Å². The summed E-state index contributed by atoms with van der Waals surface area (Å²) in [4.78, 5) is 0. The van der Waals surface area contributed by atoms with Gasteiger partial charge in [-0.15, -0.1) is 0 Å². The number of hydrogen-bond donors (Lipinski definition) is 1. The van der Waals surface area contributed by atoms with Crippen LogP contribution in [-0.2, 0) is 13.3 Å². The molecule has 0 radical (unpaired) electrons. The molecule has 4 nitrogen and oxygen atoms in total. The number of aliphatic hydroxyl groups is 1. The lowest BCUT2D eigenvalue weighted by molar-refractivity contribution is -0.397. The highest BCUT2D eigenvalue weighted by molar-refractivity contribution is 6.63. The lowest BCUT2D eigenvalue weighted by atomic mass is 9.95. The third-order valence-corrected chi connectivity index (χ3v) is 6.25. The zero-order valence-electron chi connectivity index (χ0n) is 16.2. The minimum Gasteiger partial charge on any atom is -0.397 e. The molecule has 18 heteroatoms. The topological polar surface area (TPSA) is 47.9 Å². The summed E-state index contributed by atoms with van der Waals surface area (Å²) < 4.78 is 184. The van der Waals surface area contributed by atoms with Gasteiger partial charge in [-0.1, -0.05) is 0 Å². The van der Waals surface area contributed by atoms with Gasteiger partial charge in [0.1, 0.15) is 0 Å². The lowest BCUT2D eigenvalue weighted by Gasteiger charge is -2.42. The third kappa shape index (κ3) is 5.94. The van der Waals surface area contributed by atoms with E-state index in [-0.39, 0.29) is 27.9 Å². The molecule has 0 aliphatic carbocycles. The van der Waals surface area contributed by atoms with Crippen LogP contribution in [0.15, 0.2) is 0 Å². The van der Waals surface area contributed by atoms with Crippen LogP contribution in [0.25, 0.3) is 0 Å². The molecule has 0 fully saturated rings. The first kappa shape index (κ1) is 32.3. The fraction of sp³-hybridized carbons (Fsp3) is 1.00. The molecule has 190 valence electrons. The summed E-state index contributed by atoms with van der Waals surface area (Å²) in [5, 5.41) is 7.57. The van der Waals surface area contributed by atoms with Gasteiger partial charge >= 0.3 is 44.2 Å². The molecule has 0 spiro atoms. The molecule has 0 heterocycles. The molecule has 0 aliphatic heterocycles. The number of alkyl halides is 13. The first-order valence-corrected chi connectivity index (χ1v) is 9.50. The minimum absolute atomic E-state index is 0.206. The maximum Gasteiger partial charge on any atom is 0.581 e. The van der Waals surface area contributed by atoms with E-state index >= 15 is 0 Å². The first-order chi connectivity index (χ1) is 13.6. The molecule has 0 aromatic rings. The van der Waals surface area contributed by atoms with E-state index in [4.69, 9.17) is 5.11 Å². The summed E-state index contributed by atoms with van der Waals surface area (Å²) in [6.45, 7) is 1.93. The monoisotopic (exact) mass is 514 g/mol. The van der Waals surface area contributed by atoms with Crippen LogP contribution < -0.4 is 0 Å². The van der Waals surface area contributed by atoms with Gasteiger partial charge in [0.2, 0.25) is 0 Å². The highest BCUT2D eigenvalue weighted by atomic mass is 28.4. The van der Waals surface area contributed by atoms with E-state index in [1.807, 2.05) is 0 Å². The van der Waals surface area contributed by atoms with Gasteiger partial charge in [-0.05, 0) is 6.92 Å². The Labute approximate surface area is 168 Å². The Morgan fingerprint density at radius 2 is 0.935 bits per heavy atom. The summed E-state index contributed by atoms with van der Waals surface area (Å²) in [7, 11) is -5.58. The Kier molecular flexibility index (Phi) is 10.8. The summed E-state index contributed by atoms with van der Waals surface area (Å²) in [6.07, 6.45) is -11.4. The molecule has 0 aromatic heterocycles. The molecule has 0 bridgehead atoms. The van der Waals surface area contributed by atoms with Crippen molar-refractivity contribution in [3.63, 3.8) is 0 Å². The van der Waals surface area contributed by atoms with Crippen molar-refractivity contribution in [2.24, 2.45) is 0 Å². The van der Waals surface area contributed by atoms with E-state index in [1.165, 1.54) is 0 Å². The van der Waals surface area contributed by atoms with Gasteiger partial charge < -0.3 is 18.4 Å². The van der Waals surface area contributed by atoms with E-state index in [9.17, 15) is 57.1 Å². The van der Waals surface area contributed by atoms with Crippen LogP contribution in [0, 0.1) is 0 Å². The van der Waals surface area contributed by atoms with Crippen LogP contribution in [0.5, 0.6) is 0 Å². The van der Waals surface area contributed by atoms with Crippen LogP contribution in [0.3, 0.4) is 0 Å². The second kappa shape index (κ2) is 10.4. The maximum absolute atomic E-state index is 14.0. The Morgan fingerprint density at radius 1 is 0.613 bits per heavy atom. The van der Waals surface area contributed by atoms with Crippen molar-refractivity contribution < 1.29 is 75.5 Å². The predicted molar refractivity (Wildman–Crippen MR) is 79.6 cm³/mol. The highest BCUT2D eigenvalue weighted by Crippen LogP contribution is 2.59. The second-order valence-corrected chi connectivity index (χ2v) is 8.57. The summed E-state index contributed by atoms with van der Waals surface area (Å²) in [6, 6.07) is 0. The predicted octanol–water partition coefficient (Wildman–Crippen LogP) is 4.92. The molecule has 1 N–H and O–H groups in total. The van der Waals surface area contributed by atoms with Gasteiger partial charge in [0, 0.05) is 40.8 Å². The fourth-order valence-electron chi connectivity index (χ4n) is 1.91. The van der Waals surface area contributed by atoms with Gasteiger partial charge in [-0.3, -0.25) is 0 Å². The largest absolute Gasteiger partial charge is 0.581 e. The normalized spacial score (nSPS) is 14.9. The molecule has 0 amide bonds. The van der Waals surface area contributed by atoms with E-state index < -0.39 is 57.1 Å². The Bertz CT molecular complexity index is 542. The van der Waals surface area contributed by atoms with Crippen LogP contribution in [-0.4, -0.2) is 77.3 Å². The Morgan fingerprint density at radius 3 is 1.19 bits per heavy atom. The van der Waals surface area contributed by atoms with Gasteiger partial charge in [-0.2, -0.15) is 57.1 Å². The van der Waals surface area contributed by atoms with E-state index in [0.717, 1.165) is 0 Å². The molecule has 0 aliphatic rings. The average Bonchev–Trinajstić information content (AvgIpc) is 2.61. The fourth-order valence-corrected chi connectivity index (χ4v) is 3.72. The number of hydrogen-bond acceptors (Lipinski definition) is 4. The van der Waals surface area contributed by atoms with Gasteiger partial charge in [0.05, 0.1) is 0 Å². The smallest absolute Gasteiger partial charge is 0.397 e. The molecule has 0 saturated heterocycles. The van der Waals surface area contributed by atoms with Crippen molar-refractivity contribution >= 4 is 8.80 Å². The molecule has 0 aromatic carbocycles. The molecular formula is C13H19F13O4Si. The summed E-state index contributed by atoms with van der Waals surface area (Å²) >= 11 is 0. The standard InChI is InChI=1S/C11H13F13O3Si.C2H6O/c1-25-28(26-2,27-3)11(23,24)10(21,22)9(19,20)8(17,18)6(12,13)4-5-7(14,15)16;1-2-3/h4-5H2,1-3H3;3H,2H2,1H3. The molecule has 0 saturated carbocycles. The molecular weight excluding hydrogens is 495 g/mol. The zero-order chi connectivity index (χ0) is 25.7. The highest BCUT2D eigenvalue weighted by Gasteiger charge is 2.91. The molecule has 0 unspecified atom stereocenters. The third-order valence-electron chi connectivity index (χ3n) is 3.56. The average molecular weight is 514 g/mol. The van der Waals surface area contributed by atoms with Crippen molar-refractivity contribution in [3.8, 4) is 0 Å². The van der Waals surface area contributed by atoms with E-state index in [1.54, 1.807) is 6.92 Å². The Balaban J connectivity index is 0. The van der Waals surface area contributed by atoms with E-state index in [0.29, 0.717) is 0 Å². The SMILES string of the molecule is CCO.CO[Si](OC)(OC)C(F)(F)C(F)(F)C(F)(F)C(F)(F)C(F)(F)CCC(F)(F)F. The van der Waals surface area contributed by atoms with Crippen molar-refractivity contribution in [1.29, 1.82) is 0 Å². The lowest BCUT2D eigenvalue weighted by Crippen LogP contribution is -2.75. The molecule has 0 rings (SSSR count). The van der Waals surface area contributed by atoms with Gasteiger partial charge in [0.25, 0.3) is 0 Å². The molecule has 31 heavy (non-hydrogen) atoms. The summed E-state index contributed by atoms with van der Waals surface area (Å²) in [5.41, 5.74) is -6.40. The van der Waals surface area contributed by atoms with E-state index in [2.05, 4.69) is 13.3 Å².